The first-order valence-corrected chi connectivity index (χ1v) is 11.2. The maximum absolute atomic E-state index is 13.2. The van der Waals surface area contributed by atoms with Crippen molar-refractivity contribution in [3.63, 3.8) is 0 Å². The Balaban J connectivity index is 1.56. The number of aromatic nitrogens is 1. The van der Waals surface area contributed by atoms with Crippen LogP contribution >= 0.6 is 11.6 Å². The fourth-order valence-corrected chi connectivity index (χ4v) is 4.99. The molecule has 0 spiro atoms. The van der Waals surface area contributed by atoms with Crippen molar-refractivity contribution in [1.29, 1.82) is 0 Å². The molecule has 0 radical (unpaired) electrons. The van der Waals surface area contributed by atoms with Crippen molar-refractivity contribution in [3.05, 3.63) is 94.3 Å². The molecule has 3 aromatic rings. The van der Waals surface area contributed by atoms with Crippen LogP contribution in [-0.2, 0) is 24.0 Å². The smallest absolute Gasteiger partial charge is 0.251 e. The maximum Gasteiger partial charge on any atom is 0.251 e. The van der Waals surface area contributed by atoms with Gasteiger partial charge in [-0.2, -0.15) is 0 Å². The van der Waals surface area contributed by atoms with Gasteiger partial charge in [0, 0.05) is 42.1 Å². The largest absolute Gasteiger partial charge is 0.348 e. The van der Waals surface area contributed by atoms with E-state index in [4.69, 9.17) is 11.6 Å². The lowest BCUT2D eigenvalue weighted by atomic mass is 9.98. The number of nitrogens with zero attached hydrogens (tertiary/aromatic N) is 2. The standard InChI is InChI=1S/C23H20ClN3O3S/c1-27-20-7-4-17(23(29)26-14-16-8-10-25-11-9-16)13-19(20)22(28)21(31(27)30)12-15-2-5-18(24)6-3-15/h2-11,13,21H,12,14H2,1H3,(H,26,29). The summed E-state index contributed by atoms with van der Waals surface area (Å²) in [7, 11) is 0.173. The highest BCUT2D eigenvalue weighted by Crippen LogP contribution is 2.32. The second kappa shape index (κ2) is 8.99. The van der Waals surface area contributed by atoms with Crippen LogP contribution in [0.3, 0.4) is 0 Å². The number of pyridine rings is 1. The minimum Gasteiger partial charge on any atom is -0.348 e. The third-order valence-electron chi connectivity index (χ3n) is 5.21. The number of halogens is 1. The fourth-order valence-electron chi connectivity index (χ4n) is 3.49. The lowest BCUT2D eigenvalue weighted by molar-refractivity contribution is 0.0951. The van der Waals surface area contributed by atoms with Gasteiger partial charge in [0.1, 0.15) is 16.2 Å². The van der Waals surface area contributed by atoms with Gasteiger partial charge in [-0.15, -0.1) is 0 Å². The molecule has 0 fully saturated rings. The molecule has 0 saturated heterocycles. The van der Waals surface area contributed by atoms with Crippen LogP contribution in [0, 0.1) is 0 Å². The molecule has 1 N–H and O–H groups in total. The zero-order valence-electron chi connectivity index (χ0n) is 16.7. The van der Waals surface area contributed by atoms with Gasteiger partial charge in [0.2, 0.25) is 0 Å². The summed E-state index contributed by atoms with van der Waals surface area (Å²) in [5.41, 5.74) is 3.14. The van der Waals surface area contributed by atoms with E-state index in [0.717, 1.165) is 11.1 Å². The molecule has 1 amide bonds. The van der Waals surface area contributed by atoms with E-state index in [-0.39, 0.29) is 11.7 Å². The number of hydrogen-bond acceptors (Lipinski definition) is 4. The molecule has 2 atom stereocenters. The Labute approximate surface area is 187 Å². The van der Waals surface area contributed by atoms with Gasteiger partial charge in [0.05, 0.1) is 5.69 Å². The molecule has 4 rings (SSSR count). The fraction of sp³-hybridized carbons (Fsp3) is 0.174. The summed E-state index contributed by atoms with van der Waals surface area (Å²) in [4.78, 5) is 29.8. The van der Waals surface area contributed by atoms with E-state index in [1.165, 1.54) is 0 Å². The van der Waals surface area contributed by atoms with Crippen LogP contribution < -0.4 is 9.62 Å². The van der Waals surface area contributed by atoms with Crippen LogP contribution in [0.15, 0.2) is 67.0 Å². The minimum absolute atomic E-state index is 0.231. The predicted molar refractivity (Wildman–Crippen MR) is 122 cm³/mol. The molecule has 2 heterocycles. The number of amides is 1. The molecule has 1 aromatic heterocycles. The lowest BCUT2D eigenvalue weighted by Crippen LogP contribution is -2.42. The van der Waals surface area contributed by atoms with E-state index in [9.17, 15) is 13.8 Å². The molecule has 8 heteroatoms. The Morgan fingerprint density at radius 1 is 1.10 bits per heavy atom. The van der Waals surface area contributed by atoms with Crippen molar-refractivity contribution >= 4 is 40.0 Å². The number of carbonyl (C=O) groups excluding carboxylic acids is 2. The summed E-state index contributed by atoms with van der Waals surface area (Å²) < 4.78 is 14.5. The van der Waals surface area contributed by atoms with Crippen LogP contribution in [0.25, 0.3) is 0 Å². The van der Waals surface area contributed by atoms with Crippen molar-refractivity contribution in [2.24, 2.45) is 0 Å². The van der Waals surface area contributed by atoms with Gasteiger partial charge in [0.25, 0.3) is 5.91 Å². The number of ketones is 1. The van der Waals surface area contributed by atoms with Crippen LogP contribution in [0.1, 0.15) is 31.8 Å². The third-order valence-corrected chi connectivity index (χ3v) is 7.06. The van der Waals surface area contributed by atoms with Crippen molar-refractivity contribution in [2.75, 3.05) is 11.4 Å². The molecule has 0 saturated carbocycles. The summed E-state index contributed by atoms with van der Waals surface area (Å²) in [6.45, 7) is 0.357. The monoisotopic (exact) mass is 453 g/mol. The van der Waals surface area contributed by atoms with E-state index < -0.39 is 16.2 Å². The van der Waals surface area contributed by atoms with E-state index in [2.05, 4.69) is 10.3 Å². The zero-order valence-corrected chi connectivity index (χ0v) is 18.3. The first kappa shape index (κ1) is 21.2. The maximum atomic E-state index is 13.2. The topological polar surface area (TPSA) is 79.4 Å². The SMILES string of the molecule is CN1c2ccc(C(=O)NCc3ccncc3)cc2C(=O)C(Cc2ccc(Cl)cc2)S1=O. The number of Topliss-reactive ketones (excluding diaryl/α,β-unsaturated/α-hetero) is 1. The quantitative estimate of drug-likeness (QED) is 0.640. The average Bonchev–Trinajstić information content (AvgIpc) is 2.80. The highest BCUT2D eigenvalue weighted by Gasteiger charge is 2.37. The molecule has 1 aliphatic rings. The summed E-state index contributed by atoms with van der Waals surface area (Å²) in [6.07, 6.45) is 3.65. The number of rotatable bonds is 5. The molecule has 0 aliphatic carbocycles. The van der Waals surface area contributed by atoms with Crippen molar-refractivity contribution in [1.82, 2.24) is 10.3 Å². The number of fused-ring (bicyclic) bond motifs is 1. The molecular weight excluding hydrogens is 434 g/mol. The number of carbonyl (C=O) groups is 2. The normalized spacial score (nSPS) is 17.9. The van der Waals surface area contributed by atoms with Gasteiger partial charge < -0.3 is 5.32 Å². The first-order chi connectivity index (χ1) is 14.9. The summed E-state index contributed by atoms with van der Waals surface area (Å²) in [5.74, 6) is -0.513. The summed E-state index contributed by atoms with van der Waals surface area (Å²) in [6, 6.07) is 15.7. The van der Waals surface area contributed by atoms with Crippen molar-refractivity contribution in [3.8, 4) is 0 Å². The summed E-state index contributed by atoms with van der Waals surface area (Å²) in [5, 5.41) is 2.72. The van der Waals surface area contributed by atoms with Crippen LogP contribution in [0.5, 0.6) is 0 Å². The van der Waals surface area contributed by atoms with Gasteiger partial charge in [0.15, 0.2) is 5.78 Å². The van der Waals surface area contributed by atoms with Gasteiger partial charge in [-0.1, -0.05) is 23.7 Å². The molecule has 2 aromatic carbocycles. The second-order valence-electron chi connectivity index (χ2n) is 7.23. The van der Waals surface area contributed by atoms with E-state index in [1.807, 2.05) is 24.3 Å². The number of anilines is 1. The Hall–Kier alpha value is -3.03. The van der Waals surface area contributed by atoms with E-state index >= 15 is 0 Å². The number of hydrogen-bond donors (Lipinski definition) is 1. The molecular formula is C23H20ClN3O3S. The zero-order chi connectivity index (χ0) is 22.0. The Morgan fingerprint density at radius 2 is 1.81 bits per heavy atom. The molecule has 1 aliphatic heterocycles. The molecule has 6 nitrogen and oxygen atoms in total. The number of benzene rings is 2. The van der Waals surface area contributed by atoms with Crippen molar-refractivity contribution in [2.45, 2.75) is 18.2 Å². The lowest BCUT2D eigenvalue weighted by Gasteiger charge is -2.31. The van der Waals surface area contributed by atoms with Crippen LogP contribution in [-0.4, -0.2) is 33.2 Å². The highest BCUT2D eigenvalue weighted by atomic mass is 35.5. The average molecular weight is 454 g/mol. The molecule has 0 bridgehead atoms. The van der Waals surface area contributed by atoms with Gasteiger partial charge in [-0.25, -0.2) is 4.21 Å². The summed E-state index contributed by atoms with van der Waals surface area (Å²) >= 11 is 5.94. The van der Waals surface area contributed by atoms with Gasteiger partial charge in [-0.05, 0) is 60.0 Å². The minimum atomic E-state index is -1.52. The van der Waals surface area contributed by atoms with Crippen LogP contribution in [0.4, 0.5) is 5.69 Å². The van der Waals surface area contributed by atoms with Crippen molar-refractivity contribution < 1.29 is 13.8 Å². The van der Waals surface area contributed by atoms with Gasteiger partial charge >= 0.3 is 0 Å². The van der Waals surface area contributed by atoms with E-state index in [0.29, 0.717) is 34.8 Å². The highest BCUT2D eigenvalue weighted by molar-refractivity contribution is 7.88. The molecule has 158 valence electrons. The molecule has 2 unspecified atom stereocenters. The van der Waals surface area contributed by atoms with Crippen LogP contribution in [0.2, 0.25) is 5.02 Å². The Bertz CT molecular complexity index is 1150. The molecule has 31 heavy (non-hydrogen) atoms. The number of nitrogens with one attached hydrogen (secondary N) is 1. The predicted octanol–water partition coefficient (Wildman–Crippen LogP) is 3.57. The third kappa shape index (κ3) is 4.52. The Morgan fingerprint density at radius 3 is 2.52 bits per heavy atom. The van der Waals surface area contributed by atoms with E-state index in [1.54, 1.807) is 54.1 Å². The first-order valence-electron chi connectivity index (χ1n) is 9.68. The second-order valence-corrected chi connectivity index (χ2v) is 9.33. The van der Waals surface area contributed by atoms with Gasteiger partial charge in [-0.3, -0.25) is 18.9 Å². The Kier molecular flexibility index (Phi) is 6.15.